The average molecular weight is 585 g/mol. The van der Waals surface area contributed by atoms with Crippen LogP contribution in [0.1, 0.15) is 58.1 Å². The van der Waals surface area contributed by atoms with Gasteiger partial charge in [-0.2, -0.15) is 14.1 Å². The van der Waals surface area contributed by atoms with Gasteiger partial charge in [0, 0.05) is 35.2 Å². The van der Waals surface area contributed by atoms with Crippen molar-refractivity contribution in [2.24, 2.45) is 5.92 Å². The summed E-state index contributed by atoms with van der Waals surface area (Å²) >= 11 is 0. The molecule has 0 radical (unpaired) electrons. The monoisotopic (exact) mass is 584 g/mol. The van der Waals surface area contributed by atoms with Gasteiger partial charge in [-0.3, -0.25) is 19.3 Å². The number of hydrogen-bond donors (Lipinski definition) is 1. The minimum absolute atomic E-state index is 0.0114. The molecule has 6 rings (SSSR count). The fraction of sp³-hybridized carbons (Fsp3) is 0.345. The Morgan fingerprint density at radius 1 is 1.02 bits per heavy atom. The van der Waals surface area contributed by atoms with Crippen LogP contribution in [0, 0.1) is 12.8 Å². The molecule has 4 aromatic heterocycles. The Morgan fingerprint density at radius 2 is 1.70 bits per heavy atom. The van der Waals surface area contributed by atoms with Crippen LogP contribution in [0.25, 0.3) is 35.8 Å². The van der Waals surface area contributed by atoms with Crippen LogP contribution in [0.4, 0.5) is 5.69 Å². The lowest BCUT2D eigenvalue weighted by molar-refractivity contribution is -0.142. The van der Waals surface area contributed by atoms with Crippen LogP contribution in [0.5, 0.6) is 5.88 Å². The number of amides is 3. The number of imide groups is 1. The van der Waals surface area contributed by atoms with Gasteiger partial charge in [0.05, 0.1) is 23.6 Å². The van der Waals surface area contributed by atoms with Gasteiger partial charge in [0.25, 0.3) is 0 Å². The number of hydrogen-bond acceptors (Lipinski definition) is 10. The van der Waals surface area contributed by atoms with Crippen LogP contribution in [0.2, 0.25) is 0 Å². The first-order valence-corrected chi connectivity index (χ1v) is 13.9. The fourth-order valence-electron chi connectivity index (χ4n) is 4.74. The van der Waals surface area contributed by atoms with E-state index < -0.39 is 6.04 Å². The quantitative estimate of drug-likeness (QED) is 0.279. The van der Waals surface area contributed by atoms with E-state index in [-0.39, 0.29) is 30.1 Å². The maximum absolute atomic E-state index is 12.2. The number of nitrogens with zero attached hydrogens (tertiary/aromatic N) is 9. The maximum atomic E-state index is 12.2. The zero-order chi connectivity index (χ0) is 31.0. The van der Waals surface area contributed by atoms with Crippen LogP contribution in [0.3, 0.4) is 0 Å². The fourth-order valence-corrected chi connectivity index (χ4v) is 4.74. The van der Waals surface area contributed by atoms with Crippen molar-refractivity contribution >= 4 is 47.9 Å². The molecule has 1 N–H and O–H groups in total. The highest BCUT2D eigenvalue weighted by molar-refractivity contribution is 6.03. The first-order valence-electron chi connectivity index (χ1n) is 13.9. The molecule has 2 unspecified atom stereocenters. The smallest absolute Gasteiger partial charge is 0.242 e. The molecule has 43 heavy (non-hydrogen) atoms. The molecular formula is C29H32N10O4. The minimum atomic E-state index is -0.538. The van der Waals surface area contributed by atoms with E-state index in [0.717, 1.165) is 22.2 Å². The number of nitrogens with one attached hydrogen (secondary N) is 1. The van der Waals surface area contributed by atoms with E-state index in [2.05, 4.69) is 49.1 Å². The number of fused-ring (bicyclic) bond motifs is 2. The molecule has 0 bridgehead atoms. The zero-order valence-electron chi connectivity index (χ0n) is 24.7. The summed E-state index contributed by atoms with van der Waals surface area (Å²) in [6.45, 7) is 17.3. The molecular weight excluding hydrogens is 552 g/mol. The molecule has 0 aliphatic carbocycles. The molecule has 1 fully saturated rings. The number of aryl methyl sites for hydroxylation is 1. The summed E-state index contributed by atoms with van der Waals surface area (Å²) in [5, 5.41) is 29.2. The Balaban J connectivity index is 0.000000171. The van der Waals surface area contributed by atoms with Crippen LogP contribution in [-0.4, -0.2) is 68.9 Å². The number of aromatic nitrogens is 8. The summed E-state index contributed by atoms with van der Waals surface area (Å²) in [5.74, 6) is 0.760. The highest BCUT2D eigenvalue weighted by atomic mass is 16.5. The predicted octanol–water partition coefficient (Wildman–Crippen LogP) is 1.69. The van der Waals surface area contributed by atoms with E-state index >= 15 is 0 Å². The van der Waals surface area contributed by atoms with Gasteiger partial charge in [-0.05, 0) is 45.0 Å². The normalized spacial score (nSPS) is 15.7. The summed E-state index contributed by atoms with van der Waals surface area (Å²) in [5.41, 5.74) is 3.63. The predicted molar refractivity (Wildman–Crippen MR) is 157 cm³/mol. The maximum Gasteiger partial charge on any atom is 0.242 e. The van der Waals surface area contributed by atoms with Crippen molar-refractivity contribution in [1.82, 2.24) is 44.5 Å². The SMILES string of the molecule is C=c1c(C)nn2c(-c3ccc(NC(=O)CC)cc3)nnc12.C=c1c(OCC)nn2c(C(C)N3C(=O)CC(C)C3=O)nnc12. The van der Waals surface area contributed by atoms with E-state index in [0.29, 0.717) is 47.1 Å². The number of ether oxygens (including phenoxy) is 1. The van der Waals surface area contributed by atoms with Gasteiger partial charge >= 0.3 is 0 Å². The van der Waals surface area contributed by atoms with E-state index in [9.17, 15) is 14.4 Å². The van der Waals surface area contributed by atoms with Crippen molar-refractivity contribution in [1.29, 1.82) is 0 Å². The van der Waals surface area contributed by atoms with Gasteiger partial charge in [-0.1, -0.05) is 27.0 Å². The molecule has 14 nitrogen and oxygen atoms in total. The van der Waals surface area contributed by atoms with Gasteiger partial charge in [0.2, 0.25) is 23.6 Å². The molecule has 1 aromatic carbocycles. The van der Waals surface area contributed by atoms with E-state index in [1.165, 1.54) is 9.42 Å². The van der Waals surface area contributed by atoms with Crippen molar-refractivity contribution < 1.29 is 19.1 Å². The Labute approximate surface area is 246 Å². The topological polar surface area (TPSA) is 162 Å². The minimum Gasteiger partial charge on any atom is -0.476 e. The highest BCUT2D eigenvalue weighted by Crippen LogP contribution is 2.28. The summed E-state index contributed by atoms with van der Waals surface area (Å²) < 4.78 is 8.57. The first-order chi connectivity index (χ1) is 20.5. The van der Waals surface area contributed by atoms with Crippen molar-refractivity contribution in [3.8, 4) is 17.3 Å². The number of carbonyl (C=O) groups excluding carboxylic acids is 3. The van der Waals surface area contributed by atoms with Crippen LogP contribution >= 0.6 is 0 Å². The summed E-state index contributed by atoms with van der Waals surface area (Å²) in [4.78, 5) is 36.8. The van der Waals surface area contributed by atoms with Gasteiger partial charge in [0.1, 0.15) is 0 Å². The third-order valence-electron chi connectivity index (χ3n) is 7.18. The number of anilines is 1. The molecule has 14 heteroatoms. The van der Waals surface area contributed by atoms with Crippen molar-refractivity contribution in [2.45, 2.75) is 53.5 Å². The molecule has 1 aliphatic rings. The lowest BCUT2D eigenvalue weighted by atomic mass is 10.1. The lowest BCUT2D eigenvalue weighted by Gasteiger charge is -2.20. The molecule has 2 atom stereocenters. The second kappa shape index (κ2) is 11.5. The Hall–Kier alpha value is -5.27. The number of rotatable bonds is 7. The second-order valence-corrected chi connectivity index (χ2v) is 10.2. The first kappa shape index (κ1) is 29.2. The second-order valence-electron chi connectivity index (χ2n) is 10.2. The Morgan fingerprint density at radius 3 is 2.33 bits per heavy atom. The average Bonchev–Trinajstić information content (AvgIpc) is 3.77. The Bertz CT molecular complexity index is 1930. The molecule has 5 heterocycles. The van der Waals surface area contributed by atoms with Gasteiger partial charge in [-0.25, -0.2) is 0 Å². The molecule has 1 saturated heterocycles. The van der Waals surface area contributed by atoms with Gasteiger partial charge in [0.15, 0.2) is 22.9 Å². The van der Waals surface area contributed by atoms with Crippen molar-refractivity contribution in [3.05, 3.63) is 46.2 Å². The van der Waals surface area contributed by atoms with E-state index in [1.807, 2.05) is 45.0 Å². The van der Waals surface area contributed by atoms with Crippen LogP contribution in [0.15, 0.2) is 24.3 Å². The molecule has 1 aliphatic heterocycles. The number of carbonyl (C=O) groups is 3. The molecule has 0 saturated carbocycles. The van der Waals surface area contributed by atoms with Gasteiger partial charge in [-0.15, -0.1) is 25.5 Å². The molecule has 3 amide bonds. The summed E-state index contributed by atoms with van der Waals surface area (Å²) in [7, 11) is 0. The van der Waals surface area contributed by atoms with E-state index in [1.54, 1.807) is 18.4 Å². The van der Waals surface area contributed by atoms with Gasteiger partial charge < -0.3 is 10.1 Å². The lowest BCUT2D eigenvalue weighted by Crippen LogP contribution is -2.34. The van der Waals surface area contributed by atoms with Crippen LogP contribution in [-0.2, 0) is 14.4 Å². The third kappa shape index (κ3) is 5.27. The van der Waals surface area contributed by atoms with E-state index in [4.69, 9.17) is 4.74 Å². The Kier molecular flexibility index (Phi) is 7.85. The molecule has 5 aromatic rings. The summed E-state index contributed by atoms with van der Waals surface area (Å²) in [6, 6.07) is 6.90. The highest BCUT2D eigenvalue weighted by Gasteiger charge is 2.40. The third-order valence-corrected chi connectivity index (χ3v) is 7.18. The van der Waals surface area contributed by atoms with Crippen LogP contribution < -0.4 is 20.5 Å². The number of likely N-dealkylation sites (tertiary alicyclic amines) is 1. The zero-order valence-corrected chi connectivity index (χ0v) is 24.7. The largest absolute Gasteiger partial charge is 0.476 e. The summed E-state index contributed by atoms with van der Waals surface area (Å²) in [6.07, 6.45) is 0.680. The van der Waals surface area contributed by atoms with Crippen molar-refractivity contribution in [2.75, 3.05) is 11.9 Å². The van der Waals surface area contributed by atoms with Crippen molar-refractivity contribution in [3.63, 3.8) is 0 Å². The molecule has 0 spiro atoms. The molecule has 222 valence electrons. The standard InChI is InChI=1S/C15H15N5O.C14H17N5O3/c1-4-13(21)16-12-7-5-11(6-8-12)15-18-17-14-9(2)10(3)19-20(14)15;1-5-22-13-8(3)11-15-16-12(19(11)17-13)9(4)18-10(20)6-7(2)14(18)21/h5-8H,2,4H2,1,3H3,(H,16,21);7,9H,3,5-6H2,1-2,4H3. The number of benzene rings is 1.